The normalized spacial score (nSPS) is 11.2. The maximum atomic E-state index is 5.53. The number of aromatic nitrogens is 1. The average molecular weight is 237 g/mol. The molecule has 0 aliphatic rings. The van der Waals surface area contributed by atoms with E-state index >= 15 is 0 Å². The van der Waals surface area contributed by atoms with Gasteiger partial charge in [0.1, 0.15) is 10.8 Å². The maximum Gasteiger partial charge on any atom is 0.128 e. The van der Waals surface area contributed by atoms with Gasteiger partial charge in [0, 0.05) is 24.3 Å². The van der Waals surface area contributed by atoms with Gasteiger partial charge in [-0.3, -0.25) is 0 Å². The molecule has 0 bridgehead atoms. The van der Waals surface area contributed by atoms with Crippen LogP contribution >= 0.6 is 12.2 Å². The minimum atomic E-state index is 0.0950. The second kappa shape index (κ2) is 4.78. The molecular formula is C12H19N3S. The van der Waals surface area contributed by atoms with Gasteiger partial charge in [0.2, 0.25) is 0 Å². The molecule has 0 spiro atoms. The van der Waals surface area contributed by atoms with E-state index in [9.17, 15) is 0 Å². The number of nitrogens with zero attached hydrogens (tertiary/aromatic N) is 2. The van der Waals surface area contributed by atoms with Gasteiger partial charge in [0.15, 0.2) is 0 Å². The molecule has 1 aromatic rings. The van der Waals surface area contributed by atoms with Crippen LogP contribution in [0.5, 0.6) is 0 Å². The Labute approximate surface area is 103 Å². The minimum absolute atomic E-state index is 0.0950. The fourth-order valence-corrected chi connectivity index (χ4v) is 1.40. The van der Waals surface area contributed by atoms with Crippen molar-refractivity contribution in [1.82, 2.24) is 4.98 Å². The van der Waals surface area contributed by atoms with Gasteiger partial charge in [-0.05, 0) is 32.4 Å². The van der Waals surface area contributed by atoms with Crippen LogP contribution in [-0.4, -0.2) is 22.6 Å². The zero-order chi connectivity index (χ0) is 12.3. The predicted molar refractivity (Wildman–Crippen MR) is 72.9 cm³/mol. The molecule has 0 aliphatic carbocycles. The molecule has 4 heteroatoms. The van der Waals surface area contributed by atoms with Crippen LogP contribution in [0.4, 0.5) is 5.82 Å². The Morgan fingerprint density at radius 3 is 2.50 bits per heavy atom. The van der Waals surface area contributed by atoms with E-state index in [2.05, 4.69) is 30.7 Å². The van der Waals surface area contributed by atoms with Crippen molar-refractivity contribution in [2.75, 3.05) is 11.9 Å². The summed E-state index contributed by atoms with van der Waals surface area (Å²) >= 11 is 4.89. The number of thiocarbonyl (C=S) groups is 1. The number of anilines is 1. The van der Waals surface area contributed by atoms with E-state index in [-0.39, 0.29) is 5.54 Å². The minimum Gasteiger partial charge on any atom is -0.389 e. The highest BCUT2D eigenvalue weighted by Gasteiger charge is 2.22. The molecule has 0 unspecified atom stereocenters. The summed E-state index contributed by atoms with van der Waals surface area (Å²) < 4.78 is 0. The van der Waals surface area contributed by atoms with Gasteiger partial charge >= 0.3 is 0 Å². The van der Waals surface area contributed by atoms with Gasteiger partial charge in [0.05, 0.1) is 0 Å². The Morgan fingerprint density at radius 1 is 1.50 bits per heavy atom. The summed E-state index contributed by atoms with van der Waals surface area (Å²) in [4.78, 5) is 6.92. The van der Waals surface area contributed by atoms with Gasteiger partial charge in [0.25, 0.3) is 0 Å². The Hall–Kier alpha value is -1.16. The van der Waals surface area contributed by atoms with Crippen molar-refractivity contribution in [2.45, 2.75) is 32.7 Å². The van der Waals surface area contributed by atoms with E-state index in [1.165, 1.54) is 0 Å². The van der Waals surface area contributed by atoms with E-state index in [4.69, 9.17) is 18.0 Å². The molecule has 0 atom stereocenters. The van der Waals surface area contributed by atoms with E-state index < -0.39 is 0 Å². The monoisotopic (exact) mass is 237 g/mol. The molecule has 2 N–H and O–H groups in total. The summed E-state index contributed by atoms with van der Waals surface area (Å²) in [6, 6.07) is 3.86. The summed E-state index contributed by atoms with van der Waals surface area (Å²) in [7, 11) is 2.05. The lowest BCUT2D eigenvalue weighted by Gasteiger charge is -2.35. The number of hydrogen-bond donors (Lipinski definition) is 1. The van der Waals surface area contributed by atoms with Crippen LogP contribution in [-0.2, 0) is 0 Å². The smallest absolute Gasteiger partial charge is 0.128 e. The largest absolute Gasteiger partial charge is 0.389 e. The van der Waals surface area contributed by atoms with Crippen molar-refractivity contribution in [1.29, 1.82) is 0 Å². The lowest BCUT2D eigenvalue weighted by atomic mass is 10.00. The van der Waals surface area contributed by atoms with Crippen molar-refractivity contribution in [3.63, 3.8) is 0 Å². The fourth-order valence-electron chi connectivity index (χ4n) is 1.28. The standard InChI is InChI=1S/C12H19N3S/c1-5-12(2,3)15(4)10-7-6-9(8-14-10)11(13)16/h6-8H,5H2,1-4H3,(H2,13,16). The highest BCUT2D eigenvalue weighted by molar-refractivity contribution is 7.80. The zero-order valence-corrected chi connectivity index (χ0v) is 11.1. The molecule has 0 aromatic carbocycles. The first kappa shape index (κ1) is 12.9. The summed E-state index contributed by atoms with van der Waals surface area (Å²) in [5.74, 6) is 0.937. The number of hydrogen-bond acceptors (Lipinski definition) is 3. The summed E-state index contributed by atoms with van der Waals surface area (Å²) in [6.45, 7) is 6.55. The molecule has 0 aliphatic heterocycles. The lowest BCUT2D eigenvalue weighted by molar-refractivity contribution is 0.467. The highest BCUT2D eigenvalue weighted by Crippen LogP contribution is 2.22. The van der Waals surface area contributed by atoms with Crippen LogP contribution in [0.2, 0.25) is 0 Å². The molecule has 0 saturated heterocycles. The van der Waals surface area contributed by atoms with Crippen molar-refractivity contribution < 1.29 is 0 Å². The first-order valence-corrected chi connectivity index (χ1v) is 5.79. The van der Waals surface area contributed by atoms with E-state index in [1.54, 1.807) is 6.20 Å². The van der Waals surface area contributed by atoms with Crippen molar-refractivity contribution in [3.8, 4) is 0 Å². The molecular weight excluding hydrogens is 218 g/mol. The second-order valence-corrected chi connectivity index (χ2v) is 4.93. The zero-order valence-electron chi connectivity index (χ0n) is 10.3. The van der Waals surface area contributed by atoms with Crippen molar-refractivity contribution >= 4 is 23.0 Å². The molecule has 0 fully saturated rings. The molecule has 1 rings (SSSR count). The Bertz CT molecular complexity index is 370. The fraction of sp³-hybridized carbons (Fsp3) is 0.500. The van der Waals surface area contributed by atoms with Gasteiger partial charge in [-0.2, -0.15) is 0 Å². The van der Waals surface area contributed by atoms with Gasteiger partial charge < -0.3 is 10.6 Å². The first-order chi connectivity index (χ1) is 7.38. The molecule has 1 heterocycles. The Kier molecular flexibility index (Phi) is 3.86. The van der Waals surface area contributed by atoms with E-state index in [0.29, 0.717) is 4.99 Å². The van der Waals surface area contributed by atoms with Crippen LogP contribution < -0.4 is 10.6 Å². The molecule has 1 aromatic heterocycles. The second-order valence-electron chi connectivity index (χ2n) is 4.49. The highest BCUT2D eigenvalue weighted by atomic mass is 32.1. The van der Waals surface area contributed by atoms with E-state index in [0.717, 1.165) is 17.8 Å². The van der Waals surface area contributed by atoms with Gasteiger partial charge in [-0.25, -0.2) is 4.98 Å². The van der Waals surface area contributed by atoms with E-state index in [1.807, 2.05) is 19.2 Å². The summed E-state index contributed by atoms with van der Waals surface area (Å²) in [5, 5.41) is 0. The average Bonchev–Trinajstić information content (AvgIpc) is 2.28. The maximum absolute atomic E-state index is 5.53. The number of pyridine rings is 1. The van der Waals surface area contributed by atoms with Gasteiger partial charge in [-0.1, -0.05) is 19.1 Å². The summed E-state index contributed by atoms with van der Waals surface area (Å²) in [5.41, 5.74) is 6.43. The SMILES string of the molecule is CCC(C)(C)N(C)c1ccc(C(N)=S)cn1. The Balaban J connectivity index is 2.94. The molecule has 16 heavy (non-hydrogen) atoms. The van der Waals surface area contributed by atoms with Crippen LogP contribution in [0.25, 0.3) is 0 Å². The Morgan fingerprint density at radius 2 is 2.12 bits per heavy atom. The van der Waals surface area contributed by atoms with Crippen molar-refractivity contribution in [3.05, 3.63) is 23.9 Å². The molecule has 88 valence electrons. The quantitative estimate of drug-likeness (QED) is 0.816. The van der Waals surface area contributed by atoms with Crippen LogP contribution in [0.3, 0.4) is 0 Å². The van der Waals surface area contributed by atoms with Crippen LogP contribution in [0.1, 0.15) is 32.8 Å². The third-order valence-electron chi connectivity index (χ3n) is 3.15. The third-order valence-corrected chi connectivity index (χ3v) is 3.38. The van der Waals surface area contributed by atoms with Crippen LogP contribution in [0, 0.1) is 0 Å². The lowest BCUT2D eigenvalue weighted by Crippen LogP contribution is -2.41. The summed E-state index contributed by atoms with van der Waals surface area (Å²) in [6.07, 6.45) is 2.78. The number of rotatable bonds is 4. The number of nitrogens with two attached hydrogens (primary N) is 1. The van der Waals surface area contributed by atoms with Crippen molar-refractivity contribution in [2.24, 2.45) is 5.73 Å². The third kappa shape index (κ3) is 2.70. The topological polar surface area (TPSA) is 42.1 Å². The molecule has 0 amide bonds. The van der Waals surface area contributed by atoms with Gasteiger partial charge in [-0.15, -0.1) is 0 Å². The molecule has 0 saturated carbocycles. The van der Waals surface area contributed by atoms with Crippen LogP contribution in [0.15, 0.2) is 18.3 Å². The molecule has 3 nitrogen and oxygen atoms in total. The predicted octanol–water partition coefficient (Wildman–Crippen LogP) is 2.34. The molecule has 0 radical (unpaired) electrons. The first-order valence-electron chi connectivity index (χ1n) is 5.38.